The summed E-state index contributed by atoms with van der Waals surface area (Å²) >= 11 is 0. The van der Waals surface area contributed by atoms with Crippen LogP contribution in [0.1, 0.15) is 28.2 Å². The number of carbonyl (C=O) groups excluding carboxylic acids is 1. The zero-order valence-electron chi connectivity index (χ0n) is 15.2. The predicted molar refractivity (Wildman–Crippen MR) is 97.3 cm³/mol. The van der Waals surface area contributed by atoms with Crippen molar-refractivity contribution >= 4 is 17.8 Å². The van der Waals surface area contributed by atoms with Crippen LogP contribution in [0, 0.1) is 13.8 Å². The molecule has 2 rings (SSSR count). The Morgan fingerprint density at radius 2 is 1.96 bits per heavy atom. The van der Waals surface area contributed by atoms with E-state index in [2.05, 4.69) is 15.1 Å². The van der Waals surface area contributed by atoms with Crippen molar-refractivity contribution in [2.75, 3.05) is 14.2 Å². The molecule has 0 aliphatic heterocycles. The Morgan fingerprint density at radius 1 is 1.19 bits per heavy atom. The van der Waals surface area contributed by atoms with E-state index in [1.807, 2.05) is 32.0 Å². The lowest BCUT2D eigenvalue weighted by atomic mass is 10.0. The van der Waals surface area contributed by atoms with E-state index in [1.54, 1.807) is 12.3 Å². The van der Waals surface area contributed by atoms with Gasteiger partial charge >= 0.3 is 5.97 Å². The number of oxime groups is 1. The summed E-state index contributed by atoms with van der Waals surface area (Å²) in [7, 11) is 2.78. The van der Waals surface area contributed by atoms with E-state index in [1.165, 1.54) is 26.7 Å². The summed E-state index contributed by atoms with van der Waals surface area (Å²) in [5.41, 5.74) is 4.02. The second kappa shape index (κ2) is 9.31. The first-order chi connectivity index (χ1) is 12.6. The summed E-state index contributed by atoms with van der Waals surface area (Å²) in [4.78, 5) is 25.9. The summed E-state index contributed by atoms with van der Waals surface area (Å²) < 4.78 is 9.79. The number of methoxy groups -OCH3 is 2. The molecule has 0 amide bonds. The SMILES string of the molecule is CO/C=C(/C(=O)OC)c1ccccc1C=NOCc1cnc(C)c(C)n1. The average molecular weight is 355 g/mol. The minimum atomic E-state index is -0.501. The van der Waals surface area contributed by atoms with Crippen LogP contribution >= 0.6 is 0 Å². The van der Waals surface area contributed by atoms with E-state index in [0.29, 0.717) is 16.8 Å². The van der Waals surface area contributed by atoms with Gasteiger partial charge < -0.3 is 14.3 Å². The van der Waals surface area contributed by atoms with E-state index in [9.17, 15) is 4.79 Å². The van der Waals surface area contributed by atoms with Crippen molar-refractivity contribution in [1.82, 2.24) is 9.97 Å². The minimum absolute atomic E-state index is 0.199. The monoisotopic (exact) mass is 355 g/mol. The van der Waals surface area contributed by atoms with Crippen molar-refractivity contribution in [3.63, 3.8) is 0 Å². The highest BCUT2D eigenvalue weighted by atomic mass is 16.6. The smallest absolute Gasteiger partial charge is 0.341 e. The number of carbonyl (C=O) groups is 1. The van der Waals surface area contributed by atoms with Gasteiger partial charge in [-0.25, -0.2) is 4.79 Å². The van der Waals surface area contributed by atoms with Crippen LogP contribution in [0.4, 0.5) is 0 Å². The Bertz CT molecular complexity index is 831. The molecule has 2 aromatic rings. The molecule has 7 nitrogen and oxygen atoms in total. The number of aryl methyl sites for hydroxylation is 2. The maximum Gasteiger partial charge on any atom is 0.341 e. The molecule has 1 aromatic heterocycles. The standard InChI is InChI=1S/C19H21N3O4/c1-13-14(2)22-16(10-20-13)11-26-21-9-15-7-5-6-8-17(15)18(12-24-3)19(23)25-4/h5-10,12H,11H2,1-4H3/b18-12+,21-9?. The first kappa shape index (κ1) is 19.1. The fraction of sp³-hybridized carbons (Fsp3) is 0.263. The van der Waals surface area contributed by atoms with Crippen molar-refractivity contribution < 1.29 is 19.1 Å². The second-order valence-electron chi connectivity index (χ2n) is 5.39. The van der Waals surface area contributed by atoms with Gasteiger partial charge in [-0.1, -0.05) is 29.4 Å². The molecule has 1 aromatic carbocycles. The molecule has 136 valence electrons. The minimum Gasteiger partial charge on any atom is -0.503 e. The van der Waals surface area contributed by atoms with Gasteiger partial charge in [-0.3, -0.25) is 9.97 Å². The maximum absolute atomic E-state index is 12.0. The van der Waals surface area contributed by atoms with E-state index in [0.717, 1.165) is 11.4 Å². The van der Waals surface area contributed by atoms with Gasteiger partial charge in [0.05, 0.1) is 50.0 Å². The fourth-order valence-corrected chi connectivity index (χ4v) is 2.16. The summed E-state index contributed by atoms with van der Waals surface area (Å²) in [6.07, 6.45) is 4.52. The van der Waals surface area contributed by atoms with Crippen LogP contribution in [-0.2, 0) is 25.7 Å². The van der Waals surface area contributed by atoms with Gasteiger partial charge in [0.1, 0.15) is 5.57 Å². The Labute approximate surface area is 152 Å². The summed E-state index contributed by atoms with van der Waals surface area (Å²) in [6.45, 7) is 3.99. The summed E-state index contributed by atoms with van der Waals surface area (Å²) in [5, 5.41) is 3.96. The highest BCUT2D eigenvalue weighted by molar-refractivity contribution is 6.18. The number of aromatic nitrogens is 2. The predicted octanol–water partition coefficient (Wildman–Crippen LogP) is 2.80. The van der Waals surface area contributed by atoms with Crippen LogP contribution in [0.3, 0.4) is 0 Å². The lowest BCUT2D eigenvalue weighted by Gasteiger charge is -2.08. The number of esters is 1. The molecule has 26 heavy (non-hydrogen) atoms. The van der Waals surface area contributed by atoms with Gasteiger partial charge in [0.2, 0.25) is 0 Å². The van der Waals surface area contributed by atoms with Crippen LogP contribution in [0.15, 0.2) is 41.9 Å². The Morgan fingerprint density at radius 3 is 2.65 bits per heavy atom. The van der Waals surface area contributed by atoms with Crippen molar-refractivity contribution in [2.24, 2.45) is 5.16 Å². The number of ether oxygens (including phenoxy) is 2. The molecule has 0 bridgehead atoms. The average Bonchev–Trinajstić information content (AvgIpc) is 2.66. The van der Waals surface area contributed by atoms with E-state index in [4.69, 9.17) is 14.3 Å². The van der Waals surface area contributed by atoms with Gasteiger partial charge in [-0.05, 0) is 13.8 Å². The molecule has 7 heteroatoms. The number of benzene rings is 1. The molecule has 0 aliphatic carbocycles. The van der Waals surface area contributed by atoms with Gasteiger partial charge in [0.25, 0.3) is 0 Å². The van der Waals surface area contributed by atoms with Crippen molar-refractivity contribution in [3.05, 3.63) is 64.9 Å². The third-order valence-corrected chi connectivity index (χ3v) is 3.61. The van der Waals surface area contributed by atoms with Crippen molar-refractivity contribution in [2.45, 2.75) is 20.5 Å². The van der Waals surface area contributed by atoms with Crippen LogP contribution in [-0.4, -0.2) is 36.4 Å². The van der Waals surface area contributed by atoms with E-state index >= 15 is 0 Å². The number of hydrogen-bond acceptors (Lipinski definition) is 7. The zero-order chi connectivity index (χ0) is 18.9. The van der Waals surface area contributed by atoms with Crippen LogP contribution in [0.25, 0.3) is 5.57 Å². The normalized spacial score (nSPS) is 11.5. The summed E-state index contributed by atoms with van der Waals surface area (Å²) in [6, 6.07) is 7.23. The highest BCUT2D eigenvalue weighted by Gasteiger charge is 2.15. The summed E-state index contributed by atoms with van der Waals surface area (Å²) in [5.74, 6) is -0.501. The Hall–Kier alpha value is -3.22. The molecular formula is C19H21N3O4. The number of hydrogen-bond donors (Lipinski definition) is 0. The zero-order valence-corrected chi connectivity index (χ0v) is 15.2. The molecular weight excluding hydrogens is 334 g/mol. The van der Waals surface area contributed by atoms with Gasteiger partial charge in [-0.2, -0.15) is 0 Å². The molecule has 0 spiro atoms. The molecule has 0 unspecified atom stereocenters. The number of rotatable bonds is 7. The van der Waals surface area contributed by atoms with Gasteiger partial charge in [0, 0.05) is 11.1 Å². The van der Waals surface area contributed by atoms with Crippen LogP contribution in [0.5, 0.6) is 0 Å². The quantitative estimate of drug-likeness (QED) is 0.250. The number of nitrogens with zero attached hydrogens (tertiary/aromatic N) is 3. The molecule has 1 heterocycles. The second-order valence-corrected chi connectivity index (χ2v) is 5.39. The Balaban J connectivity index is 2.14. The maximum atomic E-state index is 12.0. The lowest BCUT2D eigenvalue weighted by Crippen LogP contribution is -2.06. The van der Waals surface area contributed by atoms with E-state index in [-0.39, 0.29) is 12.2 Å². The first-order valence-corrected chi connectivity index (χ1v) is 7.92. The van der Waals surface area contributed by atoms with Crippen LogP contribution in [0.2, 0.25) is 0 Å². The topological polar surface area (TPSA) is 82.9 Å². The fourth-order valence-electron chi connectivity index (χ4n) is 2.16. The molecule has 0 saturated heterocycles. The third-order valence-electron chi connectivity index (χ3n) is 3.61. The molecule has 0 atom stereocenters. The largest absolute Gasteiger partial charge is 0.503 e. The molecule has 0 fully saturated rings. The van der Waals surface area contributed by atoms with Gasteiger partial charge in [0.15, 0.2) is 6.61 Å². The molecule has 0 N–H and O–H groups in total. The third kappa shape index (κ3) is 4.89. The molecule has 0 radical (unpaired) electrons. The van der Waals surface area contributed by atoms with Crippen molar-refractivity contribution in [3.8, 4) is 0 Å². The molecule has 0 saturated carbocycles. The van der Waals surface area contributed by atoms with Crippen molar-refractivity contribution in [1.29, 1.82) is 0 Å². The molecule has 0 aliphatic rings. The highest BCUT2D eigenvalue weighted by Crippen LogP contribution is 2.19. The van der Waals surface area contributed by atoms with Gasteiger partial charge in [-0.15, -0.1) is 0 Å². The first-order valence-electron chi connectivity index (χ1n) is 7.92. The van der Waals surface area contributed by atoms with E-state index < -0.39 is 5.97 Å². The lowest BCUT2D eigenvalue weighted by molar-refractivity contribution is -0.133. The van der Waals surface area contributed by atoms with Crippen LogP contribution < -0.4 is 0 Å². The Kier molecular flexibility index (Phi) is 6.84.